The van der Waals surface area contributed by atoms with Gasteiger partial charge in [0.25, 0.3) is 0 Å². The highest BCUT2D eigenvalue weighted by atomic mass is 32.2. The van der Waals surface area contributed by atoms with Gasteiger partial charge in [-0.1, -0.05) is 42.5 Å². The summed E-state index contributed by atoms with van der Waals surface area (Å²) in [6.45, 7) is 0.793. The van der Waals surface area contributed by atoms with Crippen molar-refractivity contribution in [1.82, 2.24) is 9.21 Å². The molecule has 1 fully saturated rings. The highest BCUT2D eigenvalue weighted by Crippen LogP contribution is 2.27. The number of sulfonamides is 1. The van der Waals surface area contributed by atoms with Crippen molar-refractivity contribution in [1.29, 1.82) is 0 Å². The predicted molar refractivity (Wildman–Crippen MR) is 121 cm³/mol. The molecule has 1 aliphatic heterocycles. The number of nitrogens with zero attached hydrogens (tertiary/aromatic N) is 2. The summed E-state index contributed by atoms with van der Waals surface area (Å²) in [6, 6.07) is 19.3. The number of rotatable bonds is 6. The van der Waals surface area contributed by atoms with Crippen molar-refractivity contribution in [2.75, 3.05) is 31.5 Å². The normalized spacial score (nSPS) is 16.3. The molecule has 0 radical (unpaired) electrons. The fourth-order valence-corrected chi connectivity index (χ4v) is 5.39. The Morgan fingerprint density at radius 2 is 1.42 bits per heavy atom. The number of nitrogens with one attached hydrogen (secondary N) is 1. The molecule has 6 nitrogen and oxygen atoms in total. The van der Waals surface area contributed by atoms with Gasteiger partial charge in [0.1, 0.15) is 22.6 Å². The standard InChI is InChI=1S/C24H23F2N3O3S/c25-19-10-12-20(13-11-19)27-24(30)23(18-6-2-1-3-7-18)28-14-16-29(17-15-28)33(31,32)22-9-5-4-8-21(22)26/h1-13,23H,14-17H2,(H,27,30). The van der Waals surface area contributed by atoms with Crippen molar-refractivity contribution in [2.24, 2.45) is 0 Å². The molecule has 3 aromatic rings. The minimum absolute atomic E-state index is 0.115. The molecule has 1 heterocycles. The zero-order valence-electron chi connectivity index (χ0n) is 17.7. The summed E-state index contributed by atoms with van der Waals surface area (Å²) >= 11 is 0. The molecule has 1 aliphatic rings. The van der Waals surface area contributed by atoms with Gasteiger partial charge in [-0.2, -0.15) is 4.31 Å². The summed E-state index contributed by atoms with van der Waals surface area (Å²) in [6.07, 6.45) is 0. The Bertz CT molecular complexity index is 1210. The maximum atomic E-state index is 14.1. The summed E-state index contributed by atoms with van der Waals surface area (Å²) in [5.41, 5.74) is 1.21. The Morgan fingerprint density at radius 3 is 2.06 bits per heavy atom. The number of hydrogen-bond acceptors (Lipinski definition) is 4. The Labute approximate surface area is 191 Å². The van der Waals surface area contributed by atoms with Crippen molar-refractivity contribution < 1.29 is 22.0 Å². The Morgan fingerprint density at radius 1 is 0.818 bits per heavy atom. The number of carbonyl (C=O) groups excluding carboxylic acids is 1. The van der Waals surface area contributed by atoms with E-state index >= 15 is 0 Å². The average molecular weight is 472 g/mol. The molecule has 3 aromatic carbocycles. The summed E-state index contributed by atoms with van der Waals surface area (Å²) in [5.74, 6) is -1.50. The molecule has 0 saturated carbocycles. The van der Waals surface area contributed by atoms with Gasteiger partial charge in [0.15, 0.2) is 0 Å². The lowest BCUT2D eigenvalue weighted by Gasteiger charge is -2.38. The van der Waals surface area contributed by atoms with Crippen LogP contribution in [-0.2, 0) is 14.8 Å². The number of carbonyl (C=O) groups is 1. The molecule has 1 N–H and O–H groups in total. The first kappa shape index (κ1) is 23.0. The third-order valence-electron chi connectivity index (χ3n) is 5.57. The molecular weight excluding hydrogens is 448 g/mol. The van der Waals surface area contributed by atoms with Gasteiger partial charge < -0.3 is 5.32 Å². The van der Waals surface area contributed by atoms with Gasteiger partial charge in [-0.15, -0.1) is 0 Å². The number of anilines is 1. The Balaban J connectivity index is 1.53. The predicted octanol–water partition coefficient (Wildman–Crippen LogP) is 3.65. The van der Waals surface area contributed by atoms with Gasteiger partial charge >= 0.3 is 0 Å². The molecular formula is C24H23F2N3O3S. The third kappa shape index (κ3) is 5.11. The lowest BCUT2D eigenvalue weighted by molar-refractivity contribution is -0.122. The smallest absolute Gasteiger partial charge is 0.246 e. The number of hydrogen-bond donors (Lipinski definition) is 1. The van der Waals surface area contributed by atoms with Gasteiger partial charge in [-0.05, 0) is 42.0 Å². The van der Waals surface area contributed by atoms with Crippen LogP contribution in [0.15, 0.2) is 83.8 Å². The first-order valence-corrected chi connectivity index (χ1v) is 11.9. The number of piperazine rings is 1. The number of halogens is 2. The Kier molecular flexibility index (Phi) is 6.83. The second-order valence-electron chi connectivity index (χ2n) is 7.68. The fourth-order valence-electron chi connectivity index (χ4n) is 3.90. The maximum absolute atomic E-state index is 14.1. The molecule has 1 saturated heterocycles. The first-order chi connectivity index (χ1) is 15.9. The van der Waals surface area contributed by atoms with E-state index in [1.165, 1.54) is 46.8 Å². The lowest BCUT2D eigenvalue weighted by Crippen LogP contribution is -2.51. The van der Waals surface area contributed by atoms with Crippen LogP contribution in [0.3, 0.4) is 0 Å². The minimum atomic E-state index is -3.98. The molecule has 1 amide bonds. The van der Waals surface area contributed by atoms with E-state index in [1.807, 2.05) is 35.2 Å². The summed E-state index contributed by atoms with van der Waals surface area (Å²) in [4.78, 5) is 14.7. The van der Waals surface area contributed by atoms with E-state index in [-0.39, 0.29) is 37.0 Å². The zero-order valence-corrected chi connectivity index (χ0v) is 18.5. The average Bonchev–Trinajstić information content (AvgIpc) is 2.82. The molecule has 33 heavy (non-hydrogen) atoms. The van der Waals surface area contributed by atoms with E-state index in [1.54, 1.807) is 0 Å². The van der Waals surface area contributed by atoms with Crippen molar-refractivity contribution in [3.05, 3.63) is 96.1 Å². The first-order valence-electron chi connectivity index (χ1n) is 10.5. The Hall–Kier alpha value is -3.14. The fraction of sp³-hybridized carbons (Fsp3) is 0.208. The van der Waals surface area contributed by atoms with Gasteiger partial charge in [-0.3, -0.25) is 9.69 Å². The van der Waals surface area contributed by atoms with Crippen LogP contribution in [-0.4, -0.2) is 49.7 Å². The monoisotopic (exact) mass is 471 g/mol. The van der Waals surface area contributed by atoms with Gasteiger partial charge in [0, 0.05) is 31.9 Å². The van der Waals surface area contributed by atoms with Crippen LogP contribution in [0, 0.1) is 11.6 Å². The highest BCUT2D eigenvalue weighted by molar-refractivity contribution is 7.89. The minimum Gasteiger partial charge on any atom is -0.324 e. The van der Waals surface area contributed by atoms with Gasteiger partial charge in [0.2, 0.25) is 15.9 Å². The molecule has 0 spiro atoms. The van der Waals surface area contributed by atoms with Crippen molar-refractivity contribution >= 4 is 21.6 Å². The summed E-state index contributed by atoms with van der Waals surface area (Å²) in [5, 5.41) is 2.81. The molecule has 172 valence electrons. The van der Waals surface area contributed by atoms with Crippen LogP contribution < -0.4 is 5.32 Å². The second kappa shape index (κ2) is 9.78. The van der Waals surface area contributed by atoms with Crippen LogP contribution in [0.4, 0.5) is 14.5 Å². The summed E-state index contributed by atoms with van der Waals surface area (Å²) in [7, 11) is -3.98. The van der Waals surface area contributed by atoms with Crippen molar-refractivity contribution in [3.63, 3.8) is 0 Å². The summed E-state index contributed by atoms with van der Waals surface area (Å²) < 4.78 is 54.4. The topological polar surface area (TPSA) is 69.7 Å². The number of benzene rings is 3. The van der Waals surface area contributed by atoms with Crippen molar-refractivity contribution in [3.8, 4) is 0 Å². The highest BCUT2D eigenvalue weighted by Gasteiger charge is 2.35. The largest absolute Gasteiger partial charge is 0.324 e. The van der Waals surface area contributed by atoms with Crippen LogP contribution in [0.5, 0.6) is 0 Å². The lowest BCUT2D eigenvalue weighted by atomic mass is 10.0. The number of amides is 1. The molecule has 0 aromatic heterocycles. The van der Waals surface area contributed by atoms with Crippen LogP contribution in [0.1, 0.15) is 11.6 Å². The SMILES string of the molecule is O=C(Nc1ccc(F)cc1)C(c1ccccc1)N1CCN(S(=O)(=O)c2ccccc2F)CC1. The second-order valence-corrected chi connectivity index (χ2v) is 9.59. The van der Waals surface area contributed by atoms with E-state index in [2.05, 4.69) is 5.32 Å². The molecule has 0 bridgehead atoms. The van der Waals surface area contributed by atoms with E-state index < -0.39 is 27.7 Å². The zero-order chi connectivity index (χ0) is 23.4. The van der Waals surface area contributed by atoms with Gasteiger partial charge in [-0.25, -0.2) is 17.2 Å². The van der Waals surface area contributed by atoms with E-state index in [9.17, 15) is 22.0 Å². The quantitative estimate of drug-likeness (QED) is 0.596. The van der Waals surface area contributed by atoms with Crippen LogP contribution in [0.2, 0.25) is 0 Å². The molecule has 1 atom stereocenters. The van der Waals surface area contributed by atoms with Crippen molar-refractivity contribution in [2.45, 2.75) is 10.9 Å². The molecule has 0 aliphatic carbocycles. The maximum Gasteiger partial charge on any atom is 0.246 e. The van der Waals surface area contributed by atoms with Crippen LogP contribution >= 0.6 is 0 Å². The molecule has 4 rings (SSSR count). The molecule has 1 unspecified atom stereocenters. The van der Waals surface area contributed by atoms with E-state index in [4.69, 9.17) is 0 Å². The van der Waals surface area contributed by atoms with Crippen LogP contribution in [0.25, 0.3) is 0 Å². The van der Waals surface area contributed by atoms with E-state index in [0.717, 1.165) is 11.6 Å². The van der Waals surface area contributed by atoms with E-state index in [0.29, 0.717) is 5.69 Å². The van der Waals surface area contributed by atoms with Gasteiger partial charge in [0.05, 0.1) is 0 Å². The third-order valence-corrected chi connectivity index (χ3v) is 7.50. The molecule has 9 heteroatoms.